The van der Waals surface area contributed by atoms with Gasteiger partial charge in [0.15, 0.2) is 0 Å². The quantitative estimate of drug-likeness (QED) is 0.719. The highest BCUT2D eigenvalue weighted by Gasteiger charge is 2.03. The van der Waals surface area contributed by atoms with E-state index in [1.807, 2.05) is 12.3 Å². The number of hydrogen-bond donors (Lipinski definition) is 2. The summed E-state index contributed by atoms with van der Waals surface area (Å²) in [4.78, 5) is 4.63. The van der Waals surface area contributed by atoms with Crippen molar-refractivity contribution in [3.05, 3.63) is 65.6 Å². The second-order valence-corrected chi connectivity index (χ2v) is 5.65. The second-order valence-electron chi connectivity index (χ2n) is 3.72. The molecule has 1 nitrogen and oxygen atoms in total. The maximum Gasteiger partial charge on any atom is 0.0453 e. The summed E-state index contributed by atoms with van der Waals surface area (Å²) in [5.74, 6) is 0. The molecule has 2 heteroatoms. The van der Waals surface area contributed by atoms with Gasteiger partial charge < -0.3 is 4.98 Å². The Bertz CT molecular complexity index is 508. The van der Waals surface area contributed by atoms with Crippen molar-refractivity contribution in [2.75, 3.05) is 0 Å². The molecule has 80 valence electrons. The zero-order chi connectivity index (χ0) is 10.8. The average molecular weight is 227 g/mol. The van der Waals surface area contributed by atoms with Gasteiger partial charge in [-0.2, -0.15) is 10.9 Å². The third-order valence-electron chi connectivity index (χ3n) is 2.68. The van der Waals surface area contributed by atoms with Crippen molar-refractivity contribution in [1.82, 2.24) is 4.98 Å². The monoisotopic (exact) mass is 227 g/mol. The van der Waals surface area contributed by atoms with Crippen LogP contribution in [0.1, 0.15) is 0 Å². The van der Waals surface area contributed by atoms with E-state index in [-0.39, 0.29) is 10.9 Å². The summed E-state index contributed by atoms with van der Waals surface area (Å²) in [7, 11) is -0.181. The van der Waals surface area contributed by atoms with E-state index in [4.69, 9.17) is 0 Å². The molecular formula is C14H13NS. The van der Waals surface area contributed by atoms with Gasteiger partial charge in [0, 0.05) is 11.9 Å². The molecular weight excluding hydrogens is 214 g/mol. The number of hydrogen-bond acceptors (Lipinski definition) is 0. The maximum absolute atomic E-state index is 3.22. The average Bonchev–Trinajstić information content (AvgIpc) is 3.03. The Kier molecular flexibility index (Phi) is 2.43. The number of allylic oxidation sites excluding steroid dienone is 2. The van der Waals surface area contributed by atoms with Crippen molar-refractivity contribution in [3.8, 4) is 11.3 Å². The molecule has 3 rings (SSSR count). The lowest BCUT2D eigenvalue weighted by Crippen LogP contribution is -1.78. The molecule has 1 aliphatic heterocycles. The van der Waals surface area contributed by atoms with Crippen LogP contribution in [0.25, 0.3) is 11.3 Å². The number of benzene rings is 1. The van der Waals surface area contributed by atoms with Crippen LogP contribution in [0.4, 0.5) is 0 Å². The zero-order valence-electron chi connectivity index (χ0n) is 8.80. The Labute approximate surface area is 97.9 Å². The van der Waals surface area contributed by atoms with Crippen LogP contribution < -0.4 is 0 Å². The van der Waals surface area contributed by atoms with Gasteiger partial charge in [0.05, 0.1) is 0 Å². The topological polar surface area (TPSA) is 15.8 Å². The lowest BCUT2D eigenvalue weighted by Gasteiger charge is -2.10. The SMILES string of the molecule is C1=C[SH](c2ccc(-c3ccc[nH]3)cc2)C=C1. The van der Waals surface area contributed by atoms with Gasteiger partial charge in [-0.3, -0.25) is 0 Å². The predicted molar refractivity (Wildman–Crippen MR) is 71.8 cm³/mol. The van der Waals surface area contributed by atoms with Crippen LogP contribution in [0.2, 0.25) is 0 Å². The number of thiol groups is 1. The Morgan fingerprint density at radius 2 is 1.62 bits per heavy atom. The Hall–Kier alpha value is -1.67. The van der Waals surface area contributed by atoms with Crippen LogP contribution in [0.3, 0.4) is 0 Å². The van der Waals surface area contributed by atoms with Crippen molar-refractivity contribution in [2.24, 2.45) is 0 Å². The molecule has 0 saturated heterocycles. The fraction of sp³-hybridized carbons (Fsp3) is 0. The molecule has 16 heavy (non-hydrogen) atoms. The van der Waals surface area contributed by atoms with E-state index in [1.165, 1.54) is 16.2 Å². The molecule has 0 bridgehead atoms. The fourth-order valence-corrected chi connectivity index (χ4v) is 3.34. The molecule has 1 aliphatic rings. The highest BCUT2D eigenvalue weighted by molar-refractivity contribution is 8.22. The van der Waals surface area contributed by atoms with Crippen molar-refractivity contribution in [2.45, 2.75) is 4.90 Å². The molecule has 0 unspecified atom stereocenters. The molecule has 0 aliphatic carbocycles. The maximum atomic E-state index is 3.22. The van der Waals surface area contributed by atoms with E-state index < -0.39 is 0 Å². The van der Waals surface area contributed by atoms with E-state index in [9.17, 15) is 0 Å². The van der Waals surface area contributed by atoms with Crippen LogP contribution in [-0.2, 0) is 0 Å². The number of rotatable bonds is 2. The Morgan fingerprint density at radius 1 is 0.875 bits per heavy atom. The minimum atomic E-state index is -0.181. The van der Waals surface area contributed by atoms with Crippen LogP contribution in [-0.4, -0.2) is 4.98 Å². The minimum Gasteiger partial charge on any atom is -0.361 e. The molecule has 0 spiro atoms. The van der Waals surface area contributed by atoms with E-state index in [2.05, 4.69) is 58.3 Å². The number of aromatic nitrogens is 1. The molecule has 2 heterocycles. The minimum absolute atomic E-state index is 0.181. The van der Waals surface area contributed by atoms with Crippen molar-refractivity contribution >= 4 is 10.9 Å². The lowest BCUT2D eigenvalue weighted by molar-refractivity contribution is 1.38. The smallest absolute Gasteiger partial charge is 0.0453 e. The third kappa shape index (κ3) is 1.72. The molecule has 0 radical (unpaired) electrons. The van der Waals surface area contributed by atoms with Crippen molar-refractivity contribution < 1.29 is 0 Å². The lowest BCUT2D eigenvalue weighted by atomic mass is 10.2. The summed E-state index contributed by atoms with van der Waals surface area (Å²) in [5.41, 5.74) is 2.42. The summed E-state index contributed by atoms with van der Waals surface area (Å²) < 4.78 is 0. The number of nitrogens with one attached hydrogen (secondary N) is 1. The van der Waals surface area contributed by atoms with E-state index in [0.717, 1.165) is 0 Å². The first kappa shape index (κ1) is 9.55. The summed E-state index contributed by atoms with van der Waals surface area (Å²) in [5, 5.41) is 4.55. The van der Waals surface area contributed by atoms with Crippen LogP contribution in [0.5, 0.6) is 0 Å². The summed E-state index contributed by atoms with van der Waals surface area (Å²) >= 11 is 0. The van der Waals surface area contributed by atoms with Gasteiger partial charge in [0.1, 0.15) is 0 Å². The first-order valence-electron chi connectivity index (χ1n) is 5.31. The Morgan fingerprint density at radius 3 is 2.25 bits per heavy atom. The van der Waals surface area contributed by atoms with E-state index in [0.29, 0.717) is 0 Å². The second kappa shape index (κ2) is 4.06. The molecule has 0 saturated carbocycles. The first-order chi connectivity index (χ1) is 7.93. The first-order valence-corrected chi connectivity index (χ1v) is 6.79. The van der Waals surface area contributed by atoms with Gasteiger partial charge in [-0.25, -0.2) is 0 Å². The molecule has 0 atom stereocenters. The number of H-pyrrole nitrogens is 1. The zero-order valence-corrected chi connectivity index (χ0v) is 9.69. The van der Waals surface area contributed by atoms with Gasteiger partial charge in [0.25, 0.3) is 0 Å². The summed E-state index contributed by atoms with van der Waals surface area (Å²) in [6.07, 6.45) is 6.21. The van der Waals surface area contributed by atoms with Crippen LogP contribution in [0, 0.1) is 0 Å². The van der Waals surface area contributed by atoms with Gasteiger partial charge in [-0.1, -0.05) is 24.3 Å². The molecule has 0 amide bonds. The standard InChI is InChI=1S/C14H13NS/c1-2-11-16(10-1)13-7-5-12(6-8-13)14-4-3-9-15-14/h1-11,15-16H. The van der Waals surface area contributed by atoms with Gasteiger partial charge in [0.2, 0.25) is 0 Å². The highest BCUT2D eigenvalue weighted by atomic mass is 32.2. The number of aromatic amines is 1. The molecule has 1 aromatic heterocycles. The third-order valence-corrected chi connectivity index (χ3v) is 4.56. The van der Waals surface area contributed by atoms with Gasteiger partial charge in [-0.15, -0.1) is 0 Å². The van der Waals surface area contributed by atoms with Crippen molar-refractivity contribution in [3.63, 3.8) is 0 Å². The largest absolute Gasteiger partial charge is 0.361 e. The van der Waals surface area contributed by atoms with Crippen LogP contribution in [0.15, 0.2) is 70.5 Å². The molecule has 1 N–H and O–H groups in total. The summed E-state index contributed by atoms with van der Waals surface area (Å²) in [6.45, 7) is 0. The van der Waals surface area contributed by atoms with Gasteiger partial charge >= 0.3 is 0 Å². The molecule has 1 aromatic carbocycles. The van der Waals surface area contributed by atoms with Crippen molar-refractivity contribution in [1.29, 1.82) is 0 Å². The fourth-order valence-electron chi connectivity index (χ4n) is 1.83. The molecule has 0 fully saturated rings. The summed E-state index contributed by atoms with van der Waals surface area (Å²) in [6, 6.07) is 12.9. The van der Waals surface area contributed by atoms with Gasteiger partial charge in [-0.05, 0) is 45.5 Å². The Balaban J connectivity index is 1.90. The highest BCUT2D eigenvalue weighted by Crippen LogP contribution is 2.42. The van der Waals surface area contributed by atoms with Crippen LogP contribution >= 0.6 is 10.9 Å². The predicted octanol–water partition coefficient (Wildman–Crippen LogP) is 4.08. The normalized spacial score (nSPS) is 15.9. The van der Waals surface area contributed by atoms with E-state index in [1.54, 1.807) is 0 Å². The van der Waals surface area contributed by atoms with E-state index >= 15 is 0 Å². The molecule has 2 aromatic rings.